The Morgan fingerprint density at radius 3 is 2.03 bits per heavy atom. The van der Waals surface area contributed by atoms with Crippen LogP contribution in [0.3, 0.4) is 0 Å². The third-order valence-corrected chi connectivity index (χ3v) is 7.43. The molecule has 3 N–H and O–H groups in total. The average molecular weight is 486 g/mol. The van der Waals surface area contributed by atoms with E-state index in [4.69, 9.17) is 0 Å². The van der Waals surface area contributed by atoms with Gasteiger partial charge in [-0.3, -0.25) is 15.0 Å². The van der Waals surface area contributed by atoms with Crippen molar-refractivity contribution in [2.45, 2.75) is 56.1 Å². The number of amides is 2. The van der Waals surface area contributed by atoms with Crippen molar-refractivity contribution in [3.8, 4) is 0 Å². The van der Waals surface area contributed by atoms with Gasteiger partial charge in [-0.2, -0.15) is 0 Å². The first kappa shape index (κ1) is 24.0. The Hall–Kier alpha value is -3.68. The lowest BCUT2D eigenvalue weighted by Crippen LogP contribution is -2.60. The van der Waals surface area contributed by atoms with Gasteiger partial charge in [0.05, 0.1) is 17.8 Å². The highest BCUT2D eigenvalue weighted by Crippen LogP contribution is 2.42. The summed E-state index contributed by atoms with van der Waals surface area (Å²) in [6.45, 7) is 0.445. The summed E-state index contributed by atoms with van der Waals surface area (Å²) in [7, 11) is 0. The highest BCUT2D eigenvalue weighted by molar-refractivity contribution is 5.89. The number of rotatable bonds is 8. The van der Waals surface area contributed by atoms with Crippen LogP contribution in [0.1, 0.15) is 30.4 Å². The molecular weight excluding hydrogens is 454 g/mol. The van der Waals surface area contributed by atoms with Crippen LogP contribution in [0, 0.1) is 0 Å². The number of nitrogens with one attached hydrogen (secondary N) is 1. The van der Waals surface area contributed by atoms with Crippen LogP contribution < -0.4 is 10.2 Å². The molecule has 7 heteroatoms. The summed E-state index contributed by atoms with van der Waals surface area (Å²) >= 11 is 0. The van der Waals surface area contributed by atoms with E-state index >= 15 is 0 Å². The van der Waals surface area contributed by atoms with Gasteiger partial charge >= 0.3 is 6.09 Å². The Kier molecular flexibility index (Phi) is 6.76. The van der Waals surface area contributed by atoms with E-state index in [0.717, 1.165) is 30.4 Å². The molecule has 0 radical (unpaired) electrons. The molecule has 1 heterocycles. The number of aliphatic hydroxyl groups excluding tert-OH is 1. The number of hydrogen-bond acceptors (Lipinski definition) is 4. The van der Waals surface area contributed by atoms with Gasteiger partial charge in [0.25, 0.3) is 0 Å². The molecule has 2 fully saturated rings. The fourth-order valence-electron chi connectivity index (χ4n) is 5.44. The SMILES string of the molecule is O=C(O)N(c1ccccc1)[C@@H](Cc1ccccc1)[C@H](O)[C@@H]1NC2(CCC2)N(Cc2ccccc2)C1=O. The number of carbonyl (C=O) groups excluding carboxylic acids is 1. The van der Waals surface area contributed by atoms with Crippen LogP contribution in [0.2, 0.25) is 0 Å². The molecule has 3 aromatic rings. The van der Waals surface area contributed by atoms with Crippen LogP contribution in [-0.2, 0) is 17.8 Å². The Morgan fingerprint density at radius 2 is 1.50 bits per heavy atom. The molecule has 2 aliphatic rings. The number of carboxylic acid groups (broad SMARTS) is 1. The van der Waals surface area contributed by atoms with Gasteiger partial charge in [-0.15, -0.1) is 0 Å². The van der Waals surface area contributed by atoms with Crippen LogP contribution in [0.25, 0.3) is 0 Å². The minimum atomic E-state index is -1.26. The summed E-state index contributed by atoms with van der Waals surface area (Å²) < 4.78 is 0. The van der Waals surface area contributed by atoms with Crippen LogP contribution in [0.4, 0.5) is 10.5 Å². The number of hydrogen-bond donors (Lipinski definition) is 3. The highest BCUT2D eigenvalue weighted by Gasteiger charge is 2.56. The van der Waals surface area contributed by atoms with Crippen LogP contribution >= 0.6 is 0 Å². The third kappa shape index (κ3) is 4.59. The molecule has 3 aromatic carbocycles. The van der Waals surface area contributed by atoms with Crippen LogP contribution in [0.5, 0.6) is 0 Å². The van der Waals surface area contributed by atoms with Crippen molar-refractivity contribution in [2.24, 2.45) is 0 Å². The van der Waals surface area contributed by atoms with E-state index < -0.39 is 29.9 Å². The molecule has 0 aromatic heterocycles. The summed E-state index contributed by atoms with van der Waals surface area (Å²) in [5.41, 5.74) is 1.85. The zero-order valence-electron chi connectivity index (χ0n) is 20.0. The number of benzene rings is 3. The Morgan fingerprint density at radius 1 is 0.944 bits per heavy atom. The molecule has 1 saturated carbocycles. The molecule has 36 heavy (non-hydrogen) atoms. The van der Waals surface area contributed by atoms with Crippen molar-refractivity contribution in [2.75, 3.05) is 4.90 Å². The van der Waals surface area contributed by atoms with E-state index in [1.165, 1.54) is 4.90 Å². The minimum absolute atomic E-state index is 0.192. The van der Waals surface area contributed by atoms with E-state index in [1.54, 1.807) is 24.3 Å². The quantitative estimate of drug-likeness (QED) is 0.448. The number of nitrogens with zero attached hydrogens (tertiary/aromatic N) is 2. The molecule has 5 rings (SSSR count). The second-order valence-corrected chi connectivity index (χ2v) is 9.65. The molecule has 186 valence electrons. The fourth-order valence-corrected chi connectivity index (χ4v) is 5.44. The maximum Gasteiger partial charge on any atom is 0.412 e. The van der Waals surface area contributed by atoms with Crippen LogP contribution in [0.15, 0.2) is 91.0 Å². The predicted molar refractivity (Wildman–Crippen MR) is 137 cm³/mol. The number of para-hydroxylation sites is 1. The molecule has 0 unspecified atom stereocenters. The maximum atomic E-state index is 13.8. The number of anilines is 1. The molecule has 1 aliphatic heterocycles. The minimum Gasteiger partial charge on any atom is -0.465 e. The van der Waals surface area contributed by atoms with Gasteiger partial charge in [0, 0.05) is 12.2 Å². The standard InChI is InChI=1S/C29H31N3O4/c33-26(25-27(34)31(29(30-25)17-10-18-29)20-22-13-6-2-7-14-22)24(19-21-11-4-1-5-12-21)32(28(35)36)23-15-8-3-9-16-23/h1-9,11-16,24-26,30,33H,10,17-20H2,(H,35,36)/t24-,25-,26-/m0/s1. The van der Waals surface area contributed by atoms with Crippen molar-refractivity contribution in [3.63, 3.8) is 0 Å². The summed E-state index contributed by atoms with van der Waals surface area (Å²) in [5, 5.41) is 25.4. The number of carbonyl (C=O) groups is 2. The monoisotopic (exact) mass is 485 g/mol. The van der Waals surface area contributed by atoms with Crippen molar-refractivity contribution in [3.05, 3.63) is 102 Å². The fraction of sp³-hybridized carbons (Fsp3) is 0.310. The smallest absolute Gasteiger partial charge is 0.412 e. The first-order chi connectivity index (χ1) is 17.5. The lowest BCUT2D eigenvalue weighted by atomic mass is 9.84. The number of aliphatic hydroxyl groups is 1. The van der Waals surface area contributed by atoms with E-state index in [2.05, 4.69) is 5.32 Å². The van der Waals surface area contributed by atoms with Gasteiger partial charge in [0.15, 0.2) is 0 Å². The Balaban J connectivity index is 1.48. The van der Waals surface area contributed by atoms with E-state index in [9.17, 15) is 19.8 Å². The van der Waals surface area contributed by atoms with E-state index in [-0.39, 0.29) is 12.3 Å². The molecule has 3 atom stereocenters. The molecule has 7 nitrogen and oxygen atoms in total. The van der Waals surface area contributed by atoms with Gasteiger partial charge in [0.1, 0.15) is 6.04 Å². The van der Waals surface area contributed by atoms with Crippen molar-refractivity contribution < 1.29 is 19.8 Å². The summed E-state index contributed by atoms with van der Waals surface area (Å²) in [4.78, 5) is 29.3. The van der Waals surface area contributed by atoms with E-state index in [1.807, 2.05) is 71.6 Å². The lowest BCUT2D eigenvalue weighted by Gasteiger charge is -2.45. The van der Waals surface area contributed by atoms with Gasteiger partial charge in [0.2, 0.25) is 5.91 Å². The van der Waals surface area contributed by atoms with Crippen molar-refractivity contribution >= 4 is 17.7 Å². The Labute approximate surface area is 211 Å². The van der Waals surface area contributed by atoms with Gasteiger partial charge in [-0.25, -0.2) is 4.79 Å². The summed E-state index contributed by atoms with van der Waals surface area (Å²) in [6, 6.07) is 26.3. The molecule has 1 saturated heterocycles. The zero-order chi connectivity index (χ0) is 25.1. The average Bonchev–Trinajstić information content (AvgIpc) is 3.17. The van der Waals surface area contributed by atoms with Crippen LogP contribution in [-0.4, -0.2) is 51.0 Å². The van der Waals surface area contributed by atoms with Gasteiger partial charge in [-0.1, -0.05) is 78.9 Å². The third-order valence-electron chi connectivity index (χ3n) is 7.43. The lowest BCUT2D eigenvalue weighted by molar-refractivity contribution is -0.136. The molecular formula is C29H31N3O4. The molecule has 0 bridgehead atoms. The summed E-state index contributed by atoms with van der Waals surface area (Å²) in [6.07, 6.45) is 0.435. The van der Waals surface area contributed by atoms with Crippen molar-refractivity contribution in [1.82, 2.24) is 10.2 Å². The first-order valence-electron chi connectivity index (χ1n) is 12.4. The largest absolute Gasteiger partial charge is 0.465 e. The molecule has 1 spiro atoms. The van der Waals surface area contributed by atoms with E-state index in [0.29, 0.717) is 12.2 Å². The summed E-state index contributed by atoms with van der Waals surface area (Å²) in [5.74, 6) is -0.192. The first-order valence-corrected chi connectivity index (χ1v) is 12.4. The Bertz CT molecular complexity index is 1180. The van der Waals surface area contributed by atoms with Crippen molar-refractivity contribution in [1.29, 1.82) is 0 Å². The van der Waals surface area contributed by atoms with Gasteiger partial charge < -0.3 is 15.1 Å². The zero-order valence-corrected chi connectivity index (χ0v) is 20.0. The topological polar surface area (TPSA) is 93.1 Å². The molecule has 1 aliphatic carbocycles. The predicted octanol–water partition coefficient (Wildman–Crippen LogP) is 4.02. The normalized spacial score (nSPS) is 20.1. The second-order valence-electron chi connectivity index (χ2n) is 9.65. The highest BCUT2D eigenvalue weighted by atomic mass is 16.4. The van der Waals surface area contributed by atoms with Gasteiger partial charge in [-0.05, 0) is 48.9 Å². The maximum absolute atomic E-state index is 13.8. The molecule has 2 amide bonds. The second kappa shape index (κ2) is 10.1.